The van der Waals surface area contributed by atoms with Gasteiger partial charge in [0.15, 0.2) is 0 Å². The summed E-state index contributed by atoms with van der Waals surface area (Å²) >= 11 is 0. The quantitative estimate of drug-likeness (QED) is 0.194. The van der Waals surface area contributed by atoms with Gasteiger partial charge in [-0.2, -0.15) is 0 Å². The van der Waals surface area contributed by atoms with Gasteiger partial charge in [-0.1, -0.05) is 92.7 Å². The van der Waals surface area contributed by atoms with Crippen LogP contribution < -0.4 is 0 Å². The average Bonchev–Trinajstić information content (AvgIpc) is 3.84. The summed E-state index contributed by atoms with van der Waals surface area (Å²) < 4.78 is 15.3. The third-order valence-electron chi connectivity index (χ3n) is 10.8. The van der Waals surface area contributed by atoms with Crippen LogP contribution in [-0.4, -0.2) is 4.57 Å². The maximum Gasteiger partial charge on any atom is 0.137 e. The molecule has 0 spiro atoms. The van der Waals surface area contributed by atoms with Crippen molar-refractivity contribution in [2.45, 2.75) is 19.3 Å². The van der Waals surface area contributed by atoms with Gasteiger partial charge in [-0.05, 0) is 88.0 Å². The number of rotatable bonds is 2. The molecule has 1 aliphatic rings. The highest BCUT2D eigenvalue weighted by atomic mass is 16.3. The maximum atomic E-state index is 6.63. The van der Waals surface area contributed by atoms with Gasteiger partial charge in [-0.15, -0.1) is 0 Å². The molecular formula is C45H29NO2. The minimum atomic E-state index is -0.0775. The molecule has 3 heterocycles. The Morgan fingerprint density at radius 1 is 0.438 bits per heavy atom. The molecule has 48 heavy (non-hydrogen) atoms. The standard InChI is InChI=1S/C45H29NO2/c1-45(2)36-14-6-3-10-29(36)34-24-35-30-11-4-7-15-38(30)46(39(35)25-37(34)45)27-19-21-33-43(23-27)48-41-17-9-13-28(44(33)41)26-18-20-32-31-12-5-8-16-40(31)47-42(32)22-26/h3-25H,1-2H3. The van der Waals surface area contributed by atoms with Crippen molar-refractivity contribution in [2.24, 2.45) is 0 Å². The first-order chi connectivity index (χ1) is 23.5. The van der Waals surface area contributed by atoms with Gasteiger partial charge in [0.2, 0.25) is 0 Å². The normalized spacial score (nSPS) is 13.8. The Bertz CT molecular complexity index is 2980. The second-order valence-corrected chi connectivity index (χ2v) is 13.7. The van der Waals surface area contributed by atoms with Gasteiger partial charge in [0, 0.05) is 49.5 Å². The monoisotopic (exact) mass is 615 g/mol. The molecule has 0 N–H and O–H groups in total. The van der Waals surface area contributed by atoms with Gasteiger partial charge in [-0.3, -0.25) is 0 Å². The molecule has 0 bridgehead atoms. The highest BCUT2D eigenvalue weighted by Crippen LogP contribution is 2.51. The minimum Gasteiger partial charge on any atom is -0.456 e. The van der Waals surface area contributed by atoms with E-state index in [1.165, 1.54) is 44.1 Å². The predicted octanol–water partition coefficient (Wildman–Crippen LogP) is 12.6. The number of para-hydroxylation sites is 2. The molecule has 11 rings (SSSR count). The molecule has 0 unspecified atom stereocenters. The number of nitrogens with zero attached hydrogens (tertiary/aromatic N) is 1. The van der Waals surface area contributed by atoms with Crippen molar-refractivity contribution in [3.63, 3.8) is 0 Å². The number of fused-ring (bicyclic) bond motifs is 12. The van der Waals surface area contributed by atoms with Crippen molar-refractivity contribution < 1.29 is 8.83 Å². The molecule has 3 aromatic heterocycles. The highest BCUT2D eigenvalue weighted by Gasteiger charge is 2.36. The fourth-order valence-corrected chi connectivity index (χ4v) is 8.53. The summed E-state index contributed by atoms with van der Waals surface area (Å²) in [7, 11) is 0. The number of benzene rings is 7. The Hall–Kier alpha value is -6.06. The zero-order valence-corrected chi connectivity index (χ0v) is 26.5. The molecule has 7 aromatic carbocycles. The largest absolute Gasteiger partial charge is 0.456 e. The van der Waals surface area contributed by atoms with Crippen molar-refractivity contribution in [3.05, 3.63) is 151 Å². The van der Waals surface area contributed by atoms with Crippen LogP contribution in [0.25, 0.3) is 93.6 Å². The minimum absolute atomic E-state index is 0.0775. The van der Waals surface area contributed by atoms with Crippen LogP contribution in [0.1, 0.15) is 25.0 Å². The molecule has 10 aromatic rings. The van der Waals surface area contributed by atoms with Crippen LogP contribution in [0, 0.1) is 0 Å². The molecule has 0 fully saturated rings. The molecule has 0 saturated carbocycles. The molecule has 0 aliphatic heterocycles. The van der Waals surface area contributed by atoms with Gasteiger partial charge in [0.1, 0.15) is 22.3 Å². The van der Waals surface area contributed by atoms with Crippen molar-refractivity contribution in [2.75, 3.05) is 0 Å². The van der Waals surface area contributed by atoms with Gasteiger partial charge in [-0.25, -0.2) is 0 Å². The summed E-state index contributed by atoms with van der Waals surface area (Å²) in [5, 5.41) is 7.02. The SMILES string of the molecule is CC1(C)c2ccccc2-c2cc3c4ccccc4n(-c4ccc5c(c4)oc4cccc(-c6ccc7c(c6)oc6ccccc67)c45)c3cc21. The summed E-state index contributed by atoms with van der Waals surface area (Å²) in [5.74, 6) is 0. The van der Waals surface area contributed by atoms with Gasteiger partial charge < -0.3 is 13.4 Å². The van der Waals surface area contributed by atoms with Crippen LogP contribution in [0.4, 0.5) is 0 Å². The Balaban J connectivity index is 1.12. The summed E-state index contributed by atoms with van der Waals surface area (Å²) in [6, 6.07) is 50.2. The summed E-state index contributed by atoms with van der Waals surface area (Å²) in [5.41, 5.74) is 14.7. The first-order valence-corrected chi connectivity index (χ1v) is 16.6. The van der Waals surface area contributed by atoms with E-state index in [0.717, 1.165) is 60.7 Å². The van der Waals surface area contributed by atoms with E-state index in [4.69, 9.17) is 8.83 Å². The number of hydrogen-bond acceptors (Lipinski definition) is 2. The van der Waals surface area contributed by atoms with Crippen molar-refractivity contribution in [1.29, 1.82) is 0 Å². The Kier molecular flexibility index (Phi) is 4.91. The van der Waals surface area contributed by atoms with Gasteiger partial charge >= 0.3 is 0 Å². The molecule has 0 radical (unpaired) electrons. The van der Waals surface area contributed by atoms with E-state index in [0.29, 0.717) is 0 Å². The second kappa shape index (κ2) is 9.05. The van der Waals surface area contributed by atoms with Crippen LogP contribution in [0.5, 0.6) is 0 Å². The zero-order valence-electron chi connectivity index (χ0n) is 26.5. The molecule has 3 nitrogen and oxygen atoms in total. The van der Waals surface area contributed by atoms with E-state index >= 15 is 0 Å². The Labute approximate surface area is 276 Å². The number of hydrogen-bond donors (Lipinski definition) is 0. The second-order valence-electron chi connectivity index (χ2n) is 13.7. The van der Waals surface area contributed by atoms with E-state index in [2.05, 4.69) is 146 Å². The summed E-state index contributed by atoms with van der Waals surface area (Å²) in [6.07, 6.45) is 0. The fraction of sp³-hybridized carbons (Fsp3) is 0.0667. The Morgan fingerprint density at radius 2 is 1.15 bits per heavy atom. The van der Waals surface area contributed by atoms with Gasteiger partial charge in [0.25, 0.3) is 0 Å². The van der Waals surface area contributed by atoms with Gasteiger partial charge in [0.05, 0.1) is 11.0 Å². The number of furan rings is 2. The molecule has 3 heteroatoms. The van der Waals surface area contributed by atoms with Crippen LogP contribution in [-0.2, 0) is 5.41 Å². The van der Waals surface area contributed by atoms with E-state index < -0.39 is 0 Å². The van der Waals surface area contributed by atoms with Crippen LogP contribution >= 0.6 is 0 Å². The van der Waals surface area contributed by atoms with E-state index in [-0.39, 0.29) is 5.41 Å². The lowest BCUT2D eigenvalue weighted by atomic mass is 9.82. The predicted molar refractivity (Wildman–Crippen MR) is 198 cm³/mol. The lowest BCUT2D eigenvalue weighted by molar-refractivity contribution is 0.661. The zero-order chi connectivity index (χ0) is 31.7. The number of aromatic nitrogens is 1. The lowest BCUT2D eigenvalue weighted by Gasteiger charge is -2.21. The van der Waals surface area contributed by atoms with E-state index in [1.54, 1.807) is 0 Å². The first-order valence-electron chi connectivity index (χ1n) is 16.6. The third-order valence-corrected chi connectivity index (χ3v) is 10.8. The average molecular weight is 616 g/mol. The van der Waals surface area contributed by atoms with E-state index in [9.17, 15) is 0 Å². The fourth-order valence-electron chi connectivity index (χ4n) is 8.53. The third kappa shape index (κ3) is 3.33. The van der Waals surface area contributed by atoms with Crippen molar-refractivity contribution in [1.82, 2.24) is 4.57 Å². The van der Waals surface area contributed by atoms with Crippen LogP contribution in [0.15, 0.2) is 148 Å². The summed E-state index contributed by atoms with van der Waals surface area (Å²) in [4.78, 5) is 0. The molecule has 0 atom stereocenters. The molecule has 0 saturated heterocycles. The smallest absolute Gasteiger partial charge is 0.137 e. The lowest BCUT2D eigenvalue weighted by Crippen LogP contribution is -2.14. The van der Waals surface area contributed by atoms with Crippen molar-refractivity contribution >= 4 is 65.7 Å². The van der Waals surface area contributed by atoms with Crippen LogP contribution in [0.3, 0.4) is 0 Å². The Morgan fingerprint density at radius 3 is 2.08 bits per heavy atom. The topological polar surface area (TPSA) is 31.2 Å². The van der Waals surface area contributed by atoms with Crippen LogP contribution in [0.2, 0.25) is 0 Å². The molecular weight excluding hydrogens is 587 g/mol. The first kappa shape index (κ1) is 26.1. The summed E-state index contributed by atoms with van der Waals surface area (Å²) in [6.45, 7) is 4.70. The molecule has 0 amide bonds. The molecule has 226 valence electrons. The van der Waals surface area contributed by atoms with Crippen molar-refractivity contribution in [3.8, 4) is 27.9 Å². The highest BCUT2D eigenvalue weighted by molar-refractivity contribution is 6.15. The maximum absolute atomic E-state index is 6.63. The van der Waals surface area contributed by atoms with E-state index in [1.807, 2.05) is 12.1 Å². The molecule has 1 aliphatic carbocycles.